The van der Waals surface area contributed by atoms with Crippen molar-refractivity contribution in [3.8, 4) is 0 Å². The van der Waals surface area contributed by atoms with Crippen LogP contribution in [-0.2, 0) is 4.79 Å². The molecule has 2 N–H and O–H groups in total. The third-order valence-corrected chi connectivity index (χ3v) is 3.27. The second-order valence-electron chi connectivity index (χ2n) is 4.95. The van der Waals surface area contributed by atoms with Gasteiger partial charge >= 0.3 is 0 Å². The molecule has 0 aliphatic heterocycles. The lowest BCUT2D eigenvalue weighted by atomic mass is 10.0. The first-order valence-corrected chi connectivity index (χ1v) is 6.24. The van der Waals surface area contributed by atoms with E-state index in [1.54, 1.807) is 18.2 Å². The number of carbonyl (C=O) groups is 1. The number of carbonyl (C=O) groups excluding carboxylic acids is 1. The summed E-state index contributed by atoms with van der Waals surface area (Å²) >= 11 is 0. The van der Waals surface area contributed by atoms with Crippen LogP contribution in [0.4, 0.5) is 5.69 Å². The molecule has 0 aliphatic carbocycles. The molecule has 1 heterocycles. The number of aromatic nitrogens is 1. The van der Waals surface area contributed by atoms with Gasteiger partial charge in [0.1, 0.15) is 11.7 Å². The fourth-order valence-corrected chi connectivity index (χ4v) is 2.36. The van der Waals surface area contributed by atoms with Crippen LogP contribution in [0.2, 0.25) is 0 Å². The minimum Gasteiger partial charge on any atom is -0.368 e. The Kier molecular flexibility index (Phi) is 3.65. The predicted octanol–water partition coefficient (Wildman–Crippen LogP) is 2.08. The average Bonchev–Trinajstić information content (AvgIpc) is 2.40. The minimum absolute atomic E-state index is 0.116. The highest BCUT2D eigenvalue weighted by Gasteiger charge is 2.23. The molecule has 1 aromatic carbocycles. The molecule has 20 heavy (non-hydrogen) atoms. The van der Waals surface area contributed by atoms with Gasteiger partial charge in [0.2, 0.25) is 5.91 Å². The van der Waals surface area contributed by atoms with E-state index in [0.29, 0.717) is 10.8 Å². The summed E-state index contributed by atoms with van der Waals surface area (Å²) in [7, 11) is 0. The van der Waals surface area contributed by atoms with Crippen LogP contribution in [-0.4, -0.2) is 10.5 Å². The van der Waals surface area contributed by atoms with Gasteiger partial charge < -0.3 is 10.3 Å². The van der Waals surface area contributed by atoms with Crippen molar-refractivity contribution < 1.29 is 4.79 Å². The largest absolute Gasteiger partial charge is 0.368 e. The highest BCUT2D eigenvalue weighted by molar-refractivity contribution is 5.92. The van der Waals surface area contributed by atoms with E-state index < -0.39 is 11.9 Å². The Bertz CT molecular complexity index is 734. The summed E-state index contributed by atoms with van der Waals surface area (Å²) in [6.07, 6.45) is 1.48. The van der Waals surface area contributed by atoms with Crippen LogP contribution in [0.3, 0.4) is 0 Å². The predicted molar refractivity (Wildman–Crippen MR) is 76.7 cm³/mol. The number of nitrogens with two attached hydrogens (primary N) is 1. The van der Waals surface area contributed by atoms with Crippen LogP contribution in [0.25, 0.3) is 10.8 Å². The first-order valence-electron chi connectivity index (χ1n) is 6.24. The van der Waals surface area contributed by atoms with Crippen LogP contribution < -0.4 is 11.3 Å². The molecule has 0 fully saturated rings. The molecule has 1 amide bonds. The number of hydrogen-bond donors (Lipinski definition) is 1. The number of nitroso groups, excluding NO2 is 1. The van der Waals surface area contributed by atoms with Crippen molar-refractivity contribution in [3.63, 3.8) is 0 Å². The van der Waals surface area contributed by atoms with E-state index in [1.807, 2.05) is 13.8 Å². The SMILES string of the molecule is CC(C)[C@H](C(N)=O)n1ccc2c(N=O)cccc2c1=O. The summed E-state index contributed by atoms with van der Waals surface area (Å²) in [5.41, 5.74) is 5.22. The molecule has 0 unspecified atom stereocenters. The lowest BCUT2D eigenvalue weighted by Crippen LogP contribution is -2.36. The number of rotatable bonds is 4. The van der Waals surface area contributed by atoms with E-state index in [9.17, 15) is 14.5 Å². The van der Waals surface area contributed by atoms with Gasteiger partial charge in [-0.25, -0.2) is 0 Å². The van der Waals surface area contributed by atoms with Crippen LogP contribution in [0, 0.1) is 10.8 Å². The van der Waals surface area contributed by atoms with Gasteiger partial charge in [-0.15, -0.1) is 4.91 Å². The van der Waals surface area contributed by atoms with Crippen molar-refractivity contribution in [2.45, 2.75) is 19.9 Å². The van der Waals surface area contributed by atoms with Crippen molar-refractivity contribution in [1.29, 1.82) is 0 Å². The van der Waals surface area contributed by atoms with Crippen molar-refractivity contribution in [3.05, 3.63) is 45.7 Å². The van der Waals surface area contributed by atoms with Crippen molar-refractivity contribution in [1.82, 2.24) is 4.57 Å². The number of nitrogens with zero attached hydrogens (tertiary/aromatic N) is 2. The van der Waals surface area contributed by atoms with Gasteiger partial charge in [0.25, 0.3) is 5.56 Å². The van der Waals surface area contributed by atoms with E-state index in [-0.39, 0.29) is 17.2 Å². The molecular formula is C14H15N3O3. The maximum Gasteiger partial charge on any atom is 0.259 e. The molecule has 2 rings (SSSR count). The minimum atomic E-state index is -0.722. The lowest BCUT2D eigenvalue weighted by Gasteiger charge is -2.20. The Labute approximate surface area is 115 Å². The summed E-state index contributed by atoms with van der Waals surface area (Å²) < 4.78 is 1.31. The maximum atomic E-state index is 12.5. The van der Waals surface area contributed by atoms with E-state index in [4.69, 9.17) is 5.73 Å². The molecule has 0 spiro atoms. The van der Waals surface area contributed by atoms with Gasteiger partial charge in [-0.1, -0.05) is 19.9 Å². The van der Waals surface area contributed by atoms with Gasteiger partial charge in [-0.3, -0.25) is 9.59 Å². The summed E-state index contributed by atoms with van der Waals surface area (Å²) in [6, 6.07) is 5.60. The number of benzene rings is 1. The molecule has 104 valence electrons. The standard InChI is InChI=1S/C14H15N3O3/c1-8(2)12(13(15)18)17-7-6-9-10(14(17)19)4-3-5-11(9)16-20/h3-8,12H,1-2H3,(H2,15,18)/t12-/m1/s1. The monoisotopic (exact) mass is 273 g/mol. The molecule has 0 radical (unpaired) electrons. The fourth-order valence-electron chi connectivity index (χ4n) is 2.36. The third kappa shape index (κ3) is 2.20. The van der Waals surface area contributed by atoms with Gasteiger partial charge in [0.05, 0.1) is 0 Å². The van der Waals surface area contributed by atoms with Crippen molar-refractivity contribution in [2.24, 2.45) is 16.8 Å². The highest BCUT2D eigenvalue weighted by Crippen LogP contribution is 2.24. The molecule has 0 saturated carbocycles. The zero-order valence-corrected chi connectivity index (χ0v) is 11.2. The van der Waals surface area contributed by atoms with E-state index in [2.05, 4.69) is 5.18 Å². The Morgan fingerprint density at radius 3 is 2.50 bits per heavy atom. The molecule has 0 bridgehead atoms. The van der Waals surface area contributed by atoms with Gasteiger partial charge in [-0.2, -0.15) is 0 Å². The van der Waals surface area contributed by atoms with E-state index >= 15 is 0 Å². The lowest BCUT2D eigenvalue weighted by molar-refractivity contribution is -0.122. The quantitative estimate of drug-likeness (QED) is 0.864. The molecule has 1 aromatic heterocycles. The smallest absolute Gasteiger partial charge is 0.259 e. The molecule has 0 saturated heterocycles. The zero-order valence-electron chi connectivity index (χ0n) is 11.2. The van der Waals surface area contributed by atoms with Gasteiger partial charge in [-0.05, 0) is 29.3 Å². The first-order chi connectivity index (χ1) is 9.47. The number of amides is 1. The molecule has 6 nitrogen and oxygen atoms in total. The number of primary amides is 1. The van der Waals surface area contributed by atoms with Crippen molar-refractivity contribution >= 4 is 22.4 Å². The fraction of sp³-hybridized carbons (Fsp3) is 0.286. The Balaban J connectivity index is 2.75. The summed E-state index contributed by atoms with van der Waals surface area (Å²) in [5, 5.41) is 3.71. The summed E-state index contributed by atoms with van der Waals surface area (Å²) in [4.78, 5) is 34.7. The molecular weight excluding hydrogens is 258 g/mol. The molecule has 2 aromatic rings. The van der Waals surface area contributed by atoms with E-state index in [0.717, 1.165) is 0 Å². The molecule has 0 aliphatic rings. The van der Waals surface area contributed by atoms with Crippen LogP contribution >= 0.6 is 0 Å². The van der Waals surface area contributed by atoms with Crippen LogP contribution in [0.5, 0.6) is 0 Å². The third-order valence-electron chi connectivity index (χ3n) is 3.27. The van der Waals surface area contributed by atoms with E-state index in [1.165, 1.54) is 16.8 Å². The Morgan fingerprint density at radius 1 is 1.25 bits per heavy atom. The normalized spacial score (nSPS) is 12.6. The number of hydrogen-bond acceptors (Lipinski definition) is 4. The van der Waals surface area contributed by atoms with Crippen molar-refractivity contribution in [2.75, 3.05) is 0 Å². The van der Waals surface area contributed by atoms with Crippen LogP contribution in [0.1, 0.15) is 19.9 Å². The number of fused-ring (bicyclic) bond motifs is 1. The summed E-state index contributed by atoms with van der Waals surface area (Å²) in [5.74, 6) is -0.679. The number of pyridine rings is 1. The second kappa shape index (κ2) is 5.24. The van der Waals surface area contributed by atoms with Crippen LogP contribution in [0.15, 0.2) is 40.4 Å². The maximum absolute atomic E-state index is 12.5. The second-order valence-corrected chi connectivity index (χ2v) is 4.95. The zero-order chi connectivity index (χ0) is 14.9. The Morgan fingerprint density at radius 2 is 1.95 bits per heavy atom. The van der Waals surface area contributed by atoms with Gasteiger partial charge in [0, 0.05) is 17.0 Å². The average molecular weight is 273 g/mol. The first kappa shape index (κ1) is 13.9. The molecule has 6 heteroatoms. The Hall–Kier alpha value is -2.50. The topological polar surface area (TPSA) is 94.5 Å². The summed E-state index contributed by atoms with van der Waals surface area (Å²) in [6.45, 7) is 3.63. The highest BCUT2D eigenvalue weighted by atomic mass is 16.3. The molecule has 1 atom stereocenters. The van der Waals surface area contributed by atoms with Gasteiger partial charge in [0.15, 0.2) is 0 Å².